The summed E-state index contributed by atoms with van der Waals surface area (Å²) in [6.07, 6.45) is 7.92. The highest BCUT2D eigenvalue weighted by molar-refractivity contribution is 6.06. The number of ether oxygens (including phenoxy) is 1. The first-order valence-corrected chi connectivity index (χ1v) is 16.4. The number of aliphatic hydroxyl groups is 5. The van der Waals surface area contributed by atoms with Crippen LogP contribution in [0.25, 0.3) is 0 Å². The molecule has 6 aliphatic rings. The van der Waals surface area contributed by atoms with Gasteiger partial charge in [0.2, 0.25) is 5.91 Å². The molecule has 0 aromatic heterocycles. The van der Waals surface area contributed by atoms with E-state index in [2.05, 4.69) is 0 Å². The van der Waals surface area contributed by atoms with Gasteiger partial charge in [-0.2, -0.15) is 0 Å². The second-order valence-corrected chi connectivity index (χ2v) is 14.9. The number of nitrogens with two attached hydrogens (primary N) is 1. The largest absolute Gasteiger partial charge is 0.393 e. The fourth-order valence-corrected chi connectivity index (χ4v) is 11.2. The van der Waals surface area contributed by atoms with Gasteiger partial charge in [-0.1, -0.05) is 25.7 Å². The van der Waals surface area contributed by atoms with Crippen LogP contribution in [0.3, 0.4) is 0 Å². The van der Waals surface area contributed by atoms with E-state index < -0.39 is 65.4 Å². The number of ketones is 1. The number of amides is 1. The minimum absolute atomic E-state index is 0.0103. The van der Waals surface area contributed by atoms with Gasteiger partial charge in [-0.05, 0) is 93.3 Å². The summed E-state index contributed by atoms with van der Waals surface area (Å²) in [6, 6.07) is 0. The van der Waals surface area contributed by atoms with Crippen LogP contribution in [0.4, 0.5) is 0 Å². The Morgan fingerprint density at radius 3 is 2.27 bits per heavy atom. The molecular weight excluding hydrogens is 526 g/mol. The van der Waals surface area contributed by atoms with Crippen molar-refractivity contribution in [3.63, 3.8) is 0 Å². The van der Waals surface area contributed by atoms with Crippen molar-refractivity contribution < 1.29 is 39.9 Å². The minimum atomic E-state index is -2.26. The molecule has 6 fully saturated rings. The zero-order valence-corrected chi connectivity index (χ0v) is 24.4. The van der Waals surface area contributed by atoms with E-state index in [4.69, 9.17) is 10.5 Å². The first-order valence-electron chi connectivity index (χ1n) is 16.4. The lowest BCUT2D eigenvalue weighted by atomic mass is 9.47. The topological polar surface area (TPSA) is 171 Å². The van der Waals surface area contributed by atoms with Crippen LogP contribution in [-0.2, 0) is 14.3 Å². The van der Waals surface area contributed by atoms with Crippen molar-refractivity contribution >= 4 is 11.7 Å². The van der Waals surface area contributed by atoms with Gasteiger partial charge < -0.3 is 36.0 Å². The van der Waals surface area contributed by atoms with E-state index in [1.165, 1.54) is 38.5 Å². The molecule has 0 aliphatic heterocycles. The second-order valence-electron chi connectivity index (χ2n) is 14.9. The third-order valence-electron chi connectivity index (χ3n) is 13.0. The molecule has 12 unspecified atom stereocenters. The Kier molecular flexibility index (Phi) is 8.35. The number of methoxy groups -OCH3 is 1. The lowest BCUT2D eigenvalue weighted by Gasteiger charge is -2.61. The Balaban J connectivity index is 1.26. The van der Waals surface area contributed by atoms with Crippen LogP contribution in [0, 0.1) is 59.2 Å². The van der Waals surface area contributed by atoms with Crippen molar-refractivity contribution in [2.45, 2.75) is 120 Å². The van der Waals surface area contributed by atoms with Crippen molar-refractivity contribution in [1.29, 1.82) is 0 Å². The highest BCUT2D eigenvalue weighted by Gasteiger charge is 2.67. The zero-order valence-electron chi connectivity index (χ0n) is 24.4. The molecule has 9 nitrogen and oxygen atoms in total. The van der Waals surface area contributed by atoms with Crippen LogP contribution in [0.1, 0.15) is 83.5 Å². The number of hydrogen-bond donors (Lipinski definition) is 6. The molecule has 0 spiro atoms. The van der Waals surface area contributed by atoms with Crippen LogP contribution in [-0.4, -0.2) is 80.5 Å². The lowest BCUT2D eigenvalue weighted by Crippen LogP contribution is -2.72. The van der Waals surface area contributed by atoms with Crippen molar-refractivity contribution in [2.24, 2.45) is 64.9 Å². The van der Waals surface area contributed by atoms with Crippen LogP contribution >= 0.6 is 0 Å². The maximum Gasteiger partial charge on any atom is 0.230 e. The number of fused-ring (bicyclic) bond motifs is 3. The number of primary amides is 1. The van der Waals surface area contributed by atoms with Crippen molar-refractivity contribution in [3.8, 4) is 0 Å². The Labute approximate surface area is 243 Å². The van der Waals surface area contributed by atoms with E-state index in [1.54, 1.807) is 7.11 Å². The van der Waals surface area contributed by atoms with E-state index in [-0.39, 0.29) is 30.3 Å². The molecule has 6 rings (SSSR count). The summed E-state index contributed by atoms with van der Waals surface area (Å²) in [4.78, 5) is 25.3. The van der Waals surface area contributed by atoms with Crippen LogP contribution in [0.5, 0.6) is 0 Å². The highest BCUT2D eigenvalue weighted by atomic mass is 16.5. The van der Waals surface area contributed by atoms with Gasteiger partial charge in [0.25, 0.3) is 0 Å². The fraction of sp³-hybridized carbons (Fsp3) is 0.938. The van der Waals surface area contributed by atoms with Gasteiger partial charge in [0, 0.05) is 24.9 Å². The molecule has 41 heavy (non-hydrogen) atoms. The van der Waals surface area contributed by atoms with Crippen molar-refractivity contribution in [1.82, 2.24) is 0 Å². The summed E-state index contributed by atoms with van der Waals surface area (Å²) in [7, 11) is 1.80. The molecule has 0 radical (unpaired) electrons. The normalized spacial score (nSPS) is 52.4. The van der Waals surface area contributed by atoms with E-state index in [1.807, 2.05) is 0 Å². The van der Waals surface area contributed by atoms with Gasteiger partial charge in [0.1, 0.15) is 5.92 Å². The smallest absolute Gasteiger partial charge is 0.230 e. The van der Waals surface area contributed by atoms with Crippen LogP contribution < -0.4 is 5.73 Å². The molecule has 15 atom stereocenters. The zero-order chi connectivity index (χ0) is 29.2. The maximum absolute atomic E-state index is 13.3. The van der Waals surface area contributed by atoms with Crippen molar-refractivity contribution in [3.05, 3.63) is 0 Å². The summed E-state index contributed by atoms with van der Waals surface area (Å²) >= 11 is 0. The summed E-state index contributed by atoms with van der Waals surface area (Å²) in [5.74, 6) is -3.54. The second kappa shape index (κ2) is 11.4. The van der Waals surface area contributed by atoms with E-state index in [0.29, 0.717) is 31.1 Å². The number of Topliss-reactive ketones (excluding diaryl/α,β-unsaturated/α-hetero) is 1. The molecule has 6 saturated carbocycles. The summed E-state index contributed by atoms with van der Waals surface area (Å²) < 4.78 is 6.07. The molecule has 7 N–H and O–H groups in total. The molecule has 1 amide bonds. The molecule has 0 heterocycles. The number of aliphatic hydroxyl groups excluding tert-OH is 4. The average Bonchev–Trinajstić information content (AvgIpc) is 3.44. The average molecular weight is 578 g/mol. The third-order valence-corrected chi connectivity index (χ3v) is 13.0. The van der Waals surface area contributed by atoms with Crippen molar-refractivity contribution in [2.75, 3.05) is 7.11 Å². The highest BCUT2D eigenvalue weighted by Crippen LogP contribution is 2.59. The molecule has 0 saturated heterocycles. The van der Waals surface area contributed by atoms with E-state index >= 15 is 0 Å². The predicted octanol–water partition coefficient (Wildman–Crippen LogP) is 1.55. The molecular formula is C32H51NO8. The standard InChI is InChI=1S/C32H51NO8/c1-41-24-9-6-16(10-15-4-2-3-5-15)11-20(24)19-7-8-22(34)26-21(19)13-17-12-18-14-23(35)27(31(33)39)30(38)32(18,40)29(37)25(17)28(26)36/h15-29,34-37,40H,2-14H2,1H3,(H2,33,39)/t16?,17-,18+,19?,20?,21?,22?,23?,24?,25?,26?,27?,28?,29?,32+/m1/s1. The predicted molar refractivity (Wildman–Crippen MR) is 149 cm³/mol. The van der Waals surface area contributed by atoms with Gasteiger partial charge in [-0.25, -0.2) is 0 Å². The minimum Gasteiger partial charge on any atom is -0.393 e. The van der Waals surface area contributed by atoms with Crippen LogP contribution in [0.15, 0.2) is 0 Å². The SMILES string of the molecule is COC1CCC(CC2CCCC2)CC1C1CCC(O)C2C(O)C3C(O)[C@]4(O)C(=O)C(C(N)=O)C(O)C[C@@H]4C[C@@H]3CC12. The summed E-state index contributed by atoms with van der Waals surface area (Å²) in [5.41, 5.74) is 3.14. The number of carbonyl (C=O) groups excluding carboxylic acids is 2. The number of hydrogen-bond acceptors (Lipinski definition) is 8. The number of carbonyl (C=O) groups is 2. The third kappa shape index (κ3) is 4.91. The molecule has 6 aliphatic carbocycles. The van der Waals surface area contributed by atoms with Gasteiger partial charge in [0.05, 0.1) is 30.5 Å². The van der Waals surface area contributed by atoms with Gasteiger partial charge in [-0.15, -0.1) is 0 Å². The monoisotopic (exact) mass is 577 g/mol. The molecule has 0 bridgehead atoms. The summed E-state index contributed by atoms with van der Waals surface area (Å²) in [6.45, 7) is 0. The Hall–Kier alpha value is -1.10. The summed E-state index contributed by atoms with van der Waals surface area (Å²) in [5, 5.41) is 56.9. The van der Waals surface area contributed by atoms with Crippen LogP contribution in [0.2, 0.25) is 0 Å². The molecule has 9 heteroatoms. The number of rotatable bonds is 5. The molecule has 0 aromatic rings. The van der Waals surface area contributed by atoms with Gasteiger partial charge in [0.15, 0.2) is 11.4 Å². The Morgan fingerprint density at radius 2 is 1.59 bits per heavy atom. The first kappa shape index (κ1) is 29.9. The van der Waals surface area contributed by atoms with E-state index in [0.717, 1.165) is 25.2 Å². The Morgan fingerprint density at radius 1 is 0.854 bits per heavy atom. The molecule has 232 valence electrons. The van der Waals surface area contributed by atoms with E-state index in [9.17, 15) is 35.1 Å². The van der Waals surface area contributed by atoms with Gasteiger partial charge in [-0.3, -0.25) is 9.59 Å². The lowest BCUT2D eigenvalue weighted by molar-refractivity contribution is -0.244. The first-order chi connectivity index (χ1) is 19.6. The maximum atomic E-state index is 13.3. The quantitative estimate of drug-likeness (QED) is 0.267. The van der Waals surface area contributed by atoms with Gasteiger partial charge >= 0.3 is 0 Å². The fourth-order valence-electron chi connectivity index (χ4n) is 11.2. The molecule has 0 aromatic carbocycles. The Bertz CT molecular complexity index is 987.